The molecule has 6 nitrogen and oxygen atoms in total. The van der Waals surface area contributed by atoms with Gasteiger partial charge in [0.05, 0.1) is 23.3 Å². The maximum atomic E-state index is 12.4. The van der Waals surface area contributed by atoms with Gasteiger partial charge in [0.15, 0.2) is 0 Å². The third kappa shape index (κ3) is 3.39. The Morgan fingerprint density at radius 3 is 2.73 bits per heavy atom. The molecular formula is C19H14ClN3O3. The summed E-state index contributed by atoms with van der Waals surface area (Å²) < 4.78 is 6.48. The monoisotopic (exact) mass is 367 g/mol. The van der Waals surface area contributed by atoms with E-state index in [1.807, 2.05) is 24.3 Å². The number of nitriles is 1. The van der Waals surface area contributed by atoms with E-state index in [0.29, 0.717) is 22.2 Å². The van der Waals surface area contributed by atoms with Crippen molar-refractivity contribution in [1.82, 2.24) is 4.57 Å². The molecule has 26 heavy (non-hydrogen) atoms. The lowest BCUT2D eigenvalue weighted by atomic mass is 10.2. The summed E-state index contributed by atoms with van der Waals surface area (Å²) in [7, 11) is 1.32. The predicted molar refractivity (Wildman–Crippen MR) is 98.1 cm³/mol. The molecule has 0 saturated heterocycles. The lowest BCUT2D eigenvalue weighted by molar-refractivity contribution is -0.116. The SMILES string of the molecule is COC(=O)c1cn(CC(=O)Nc2ccc(C#N)c(Cl)c2)c2ccccc12. The van der Waals surface area contributed by atoms with E-state index in [4.69, 9.17) is 21.6 Å². The molecule has 0 radical (unpaired) electrons. The van der Waals surface area contributed by atoms with Crippen LogP contribution in [-0.4, -0.2) is 23.6 Å². The number of carbonyl (C=O) groups excluding carboxylic acids is 2. The van der Waals surface area contributed by atoms with E-state index in [9.17, 15) is 9.59 Å². The standard InChI is InChI=1S/C19H14ClN3O3/c1-26-19(25)15-10-23(17-5-3-2-4-14(15)17)11-18(24)22-13-7-6-12(9-21)16(20)8-13/h2-8,10H,11H2,1H3,(H,22,24). The van der Waals surface area contributed by atoms with Gasteiger partial charge in [-0.25, -0.2) is 4.79 Å². The average Bonchev–Trinajstić information content (AvgIpc) is 3.00. The van der Waals surface area contributed by atoms with Gasteiger partial charge in [-0.15, -0.1) is 0 Å². The van der Waals surface area contributed by atoms with Gasteiger partial charge < -0.3 is 14.6 Å². The number of esters is 1. The van der Waals surface area contributed by atoms with Gasteiger partial charge >= 0.3 is 5.97 Å². The number of rotatable bonds is 4. The average molecular weight is 368 g/mol. The van der Waals surface area contributed by atoms with Gasteiger partial charge in [0, 0.05) is 22.8 Å². The Morgan fingerprint density at radius 1 is 1.27 bits per heavy atom. The number of para-hydroxylation sites is 1. The van der Waals surface area contributed by atoms with Crippen LogP contribution in [-0.2, 0) is 16.1 Å². The summed E-state index contributed by atoms with van der Waals surface area (Å²) in [5, 5.41) is 12.6. The number of carbonyl (C=O) groups is 2. The van der Waals surface area contributed by atoms with Gasteiger partial charge in [0.25, 0.3) is 0 Å². The predicted octanol–water partition coefficient (Wildman–Crippen LogP) is 3.59. The van der Waals surface area contributed by atoms with E-state index in [1.165, 1.54) is 13.2 Å². The van der Waals surface area contributed by atoms with Crippen molar-refractivity contribution < 1.29 is 14.3 Å². The lowest BCUT2D eigenvalue weighted by Crippen LogP contribution is -2.18. The molecule has 1 N–H and O–H groups in total. The van der Waals surface area contributed by atoms with Crippen molar-refractivity contribution in [3.63, 3.8) is 0 Å². The highest BCUT2D eigenvalue weighted by Gasteiger charge is 2.16. The smallest absolute Gasteiger partial charge is 0.340 e. The second-order valence-electron chi connectivity index (χ2n) is 5.53. The quantitative estimate of drug-likeness (QED) is 0.714. The Bertz CT molecular complexity index is 1050. The van der Waals surface area contributed by atoms with Gasteiger partial charge in [-0.1, -0.05) is 29.8 Å². The number of hydrogen-bond acceptors (Lipinski definition) is 4. The fourth-order valence-corrected chi connectivity index (χ4v) is 2.91. The van der Waals surface area contributed by atoms with Crippen LogP contribution in [0.5, 0.6) is 0 Å². The van der Waals surface area contributed by atoms with E-state index in [1.54, 1.807) is 29.0 Å². The van der Waals surface area contributed by atoms with Crippen molar-refractivity contribution in [2.45, 2.75) is 6.54 Å². The van der Waals surface area contributed by atoms with Crippen molar-refractivity contribution in [1.29, 1.82) is 5.26 Å². The molecule has 1 heterocycles. The van der Waals surface area contributed by atoms with Crippen LogP contribution in [0.4, 0.5) is 5.69 Å². The van der Waals surface area contributed by atoms with Crippen molar-refractivity contribution in [3.8, 4) is 6.07 Å². The Hall–Kier alpha value is -3.30. The van der Waals surface area contributed by atoms with E-state index in [2.05, 4.69) is 5.32 Å². The first-order chi connectivity index (χ1) is 12.5. The zero-order valence-corrected chi connectivity index (χ0v) is 14.6. The number of anilines is 1. The molecule has 7 heteroatoms. The van der Waals surface area contributed by atoms with Crippen LogP contribution < -0.4 is 5.32 Å². The molecule has 1 aromatic heterocycles. The number of methoxy groups -OCH3 is 1. The first-order valence-corrected chi connectivity index (χ1v) is 8.07. The van der Waals surface area contributed by atoms with Crippen molar-refractivity contribution in [3.05, 3.63) is 64.8 Å². The summed E-state index contributed by atoms with van der Waals surface area (Å²) in [6.45, 7) is 0.00906. The van der Waals surface area contributed by atoms with Crippen LogP contribution in [0.15, 0.2) is 48.7 Å². The largest absolute Gasteiger partial charge is 0.465 e. The van der Waals surface area contributed by atoms with Gasteiger partial charge in [-0.2, -0.15) is 5.26 Å². The van der Waals surface area contributed by atoms with E-state index in [-0.39, 0.29) is 17.5 Å². The number of ether oxygens (including phenoxy) is 1. The molecule has 130 valence electrons. The highest BCUT2D eigenvalue weighted by atomic mass is 35.5. The number of benzene rings is 2. The molecule has 1 amide bonds. The topological polar surface area (TPSA) is 84.1 Å². The first-order valence-electron chi connectivity index (χ1n) is 7.69. The van der Waals surface area contributed by atoms with Gasteiger partial charge in [0.2, 0.25) is 5.91 Å². The number of nitrogens with one attached hydrogen (secondary N) is 1. The van der Waals surface area contributed by atoms with Gasteiger partial charge in [0.1, 0.15) is 12.6 Å². The summed E-state index contributed by atoms with van der Waals surface area (Å²) >= 11 is 5.98. The third-order valence-corrected chi connectivity index (χ3v) is 4.19. The van der Waals surface area contributed by atoms with Crippen molar-refractivity contribution >= 4 is 40.1 Å². The van der Waals surface area contributed by atoms with Gasteiger partial charge in [-0.05, 0) is 24.3 Å². The summed E-state index contributed by atoms with van der Waals surface area (Å²) in [5.74, 6) is -0.748. The van der Waals surface area contributed by atoms with Crippen LogP contribution >= 0.6 is 11.6 Å². The van der Waals surface area contributed by atoms with Crippen molar-refractivity contribution in [2.24, 2.45) is 0 Å². The summed E-state index contributed by atoms with van der Waals surface area (Å²) in [4.78, 5) is 24.3. The number of halogens is 1. The Balaban J connectivity index is 1.85. The molecule has 2 aromatic carbocycles. The van der Waals surface area contributed by atoms with Crippen LogP contribution in [0, 0.1) is 11.3 Å². The third-order valence-electron chi connectivity index (χ3n) is 3.88. The minimum atomic E-state index is -0.459. The molecule has 0 fully saturated rings. The minimum Gasteiger partial charge on any atom is -0.465 e. The highest BCUT2D eigenvalue weighted by molar-refractivity contribution is 6.32. The first kappa shape index (κ1) is 17.5. The second kappa shape index (κ2) is 7.30. The lowest BCUT2D eigenvalue weighted by Gasteiger charge is -2.08. The molecule has 0 unspecified atom stereocenters. The van der Waals surface area contributed by atoms with E-state index >= 15 is 0 Å². The number of aromatic nitrogens is 1. The normalized spacial score (nSPS) is 10.3. The molecule has 3 rings (SSSR count). The number of hydrogen-bond donors (Lipinski definition) is 1. The molecule has 0 saturated carbocycles. The summed E-state index contributed by atoms with van der Waals surface area (Å²) in [6.07, 6.45) is 1.60. The number of fused-ring (bicyclic) bond motifs is 1. The Kier molecular flexibility index (Phi) is 4.92. The molecule has 0 spiro atoms. The van der Waals surface area contributed by atoms with Crippen LogP contribution in [0.1, 0.15) is 15.9 Å². The summed E-state index contributed by atoms with van der Waals surface area (Å²) in [5.41, 5.74) is 1.98. The second-order valence-corrected chi connectivity index (χ2v) is 5.94. The maximum absolute atomic E-state index is 12.4. The molecule has 0 bridgehead atoms. The number of nitrogens with zero attached hydrogens (tertiary/aromatic N) is 2. The fourth-order valence-electron chi connectivity index (χ4n) is 2.69. The van der Waals surface area contributed by atoms with Crippen LogP contribution in [0.2, 0.25) is 5.02 Å². The van der Waals surface area contributed by atoms with Gasteiger partial charge in [-0.3, -0.25) is 4.79 Å². The summed E-state index contributed by atoms with van der Waals surface area (Å²) in [6, 6.07) is 13.9. The number of amides is 1. The molecule has 0 aliphatic rings. The van der Waals surface area contributed by atoms with Crippen LogP contribution in [0.3, 0.4) is 0 Å². The molecule has 0 atom stereocenters. The highest BCUT2D eigenvalue weighted by Crippen LogP contribution is 2.23. The zero-order valence-electron chi connectivity index (χ0n) is 13.8. The Labute approximate surface area is 154 Å². The molecule has 3 aromatic rings. The fraction of sp³-hybridized carbons (Fsp3) is 0.105. The maximum Gasteiger partial charge on any atom is 0.340 e. The molecule has 0 aliphatic heterocycles. The molecule has 0 aliphatic carbocycles. The Morgan fingerprint density at radius 2 is 2.04 bits per heavy atom. The molecular weight excluding hydrogens is 354 g/mol. The van der Waals surface area contributed by atoms with E-state index in [0.717, 1.165) is 5.52 Å². The van der Waals surface area contributed by atoms with Crippen molar-refractivity contribution in [2.75, 3.05) is 12.4 Å². The zero-order chi connectivity index (χ0) is 18.7. The van der Waals surface area contributed by atoms with E-state index < -0.39 is 5.97 Å². The van der Waals surface area contributed by atoms with Crippen LogP contribution in [0.25, 0.3) is 10.9 Å². The minimum absolute atomic E-state index is 0.00906.